The lowest BCUT2D eigenvalue weighted by Gasteiger charge is -2.07. The highest BCUT2D eigenvalue weighted by atomic mass is 19.4. The number of amides is 1. The first kappa shape index (κ1) is 18.0. The highest BCUT2D eigenvalue weighted by Crippen LogP contribution is 2.28. The van der Waals surface area contributed by atoms with Gasteiger partial charge in [-0.15, -0.1) is 0 Å². The molecule has 9 heteroatoms. The van der Waals surface area contributed by atoms with Crippen LogP contribution in [-0.4, -0.2) is 32.2 Å². The van der Waals surface area contributed by atoms with Crippen molar-refractivity contribution in [1.29, 1.82) is 0 Å². The number of fused-ring (bicyclic) bond motifs is 1. The van der Waals surface area contributed by atoms with Crippen molar-refractivity contribution >= 4 is 16.9 Å². The number of nitrogens with zero attached hydrogens (tertiary/aromatic N) is 3. The van der Waals surface area contributed by atoms with Gasteiger partial charge < -0.3 is 10.3 Å². The number of aromatic amines is 1. The summed E-state index contributed by atoms with van der Waals surface area (Å²) in [5, 5.41) is 6.21. The number of carbonyl (C=O) groups is 1. The van der Waals surface area contributed by atoms with Gasteiger partial charge in [0.2, 0.25) is 5.91 Å². The van der Waals surface area contributed by atoms with Crippen LogP contribution >= 0.6 is 0 Å². The van der Waals surface area contributed by atoms with Crippen LogP contribution in [0.5, 0.6) is 0 Å². The van der Waals surface area contributed by atoms with Gasteiger partial charge in [0.05, 0.1) is 17.6 Å². The maximum Gasteiger partial charge on any atom is 0.435 e. The average molecular weight is 365 g/mol. The molecule has 0 aliphatic carbocycles. The molecular formula is C17H18F3N5O. The van der Waals surface area contributed by atoms with Gasteiger partial charge in [-0.25, -0.2) is 4.98 Å². The zero-order valence-corrected chi connectivity index (χ0v) is 14.1. The quantitative estimate of drug-likeness (QED) is 0.705. The van der Waals surface area contributed by atoms with E-state index in [9.17, 15) is 18.0 Å². The normalized spacial score (nSPS) is 11.8. The summed E-state index contributed by atoms with van der Waals surface area (Å²) in [4.78, 5) is 19.4. The zero-order valence-electron chi connectivity index (χ0n) is 14.1. The summed E-state index contributed by atoms with van der Waals surface area (Å²) in [6.07, 6.45) is -3.77. The van der Waals surface area contributed by atoms with Gasteiger partial charge in [0.15, 0.2) is 5.69 Å². The topological polar surface area (TPSA) is 75.6 Å². The second kappa shape index (κ2) is 7.19. The molecule has 6 nitrogen and oxygen atoms in total. The highest BCUT2D eigenvalue weighted by molar-refractivity contribution is 5.77. The summed E-state index contributed by atoms with van der Waals surface area (Å²) in [6, 6.07) is 8.58. The van der Waals surface area contributed by atoms with Crippen LogP contribution in [0.2, 0.25) is 0 Å². The maximum atomic E-state index is 12.6. The molecule has 2 aromatic heterocycles. The Bertz CT molecular complexity index is 880. The number of hydrogen-bond acceptors (Lipinski definition) is 3. The van der Waals surface area contributed by atoms with Gasteiger partial charge in [-0.3, -0.25) is 9.48 Å². The van der Waals surface area contributed by atoms with Gasteiger partial charge in [0, 0.05) is 25.1 Å². The van der Waals surface area contributed by atoms with Crippen LogP contribution < -0.4 is 5.32 Å². The molecule has 138 valence electrons. The fourth-order valence-corrected chi connectivity index (χ4v) is 2.62. The van der Waals surface area contributed by atoms with Crippen molar-refractivity contribution in [2.24, 2.45) is 0 Å². The standard InChI is InChI=1S/C17H18F3N5O/c1-11-10-14(17(18,19)20)24-25(11)9-8-21-16(26)7-6-15-22-12-4-2-3-5-13(12)23-15/h2-5,10H,6-9H2,1H3,(H,21,26)(H,22,23). The van der Waals surface area contributed by atoms with Crippen LogP contribution in [0.4, 0.5) is 13.2 Å². The van der Waals surface area contributed by atoms with Crippen LogP contribution in [0.15, 0.2) is 30.3 Å². The third kappa shape index (κ3) is 4.22. The number of nitrogens with one attached hydrogen (secondary N) is 2. The van der Waals surface area contributed by atoms with E-state index in [0.717, 1.165) is 22.9 Å². The summed E-state index contributed by atoms with van der Waals surface area (Å²) >= 11 is 0. The van der Waals surface area contributed by atoms with Crippen LogP contribution in [0.3, 0.4) is 0 Å². The number of hydrogen-bond donors (Lipinski definition) is 2. The molecule has 2 heterocycles. The predicted octanol–water partition coefficient (Wildman–Crippen LogP) is 2.84. The van der Waals surface area contributed by atoms with E-state index in [4.69, 9.17) is 0 Å². The molecule has 26 heavy (non-hydrogen) atoms. The van der Waals surface area contributed by atoms with Gasteiger partial charge in [-0.05, 0) is 25.1 Å². The lowest BCUT2D eigenvalue weighted by molar-refractivity contribution is -0.141. The molecule has 0 bridgehead atoms. The molecule has 2 N–H and O–H groups in total. The van der Waals surface area contributed by atoms with E-state index in [2.05, 4.69) is 20.4 Å². The Kier molecular flexibility index (Phi) is 4.97. The summed E-state index contributed by atoms with van der Waals surface area (Å²) in [7, 11) is 0. The Balaban J connectivity index is 1.46. The molecule has 1 amide bonds. The van der Waals surface area contributed by atoms with Gasteiger partial charge >= 0.3 is 6.18 Å². The van der Waals surface area contributed by atoms with E-state index in [-0.39, 0.29) is 25.4 Å². The minimum atomic E-state index is -4.47. The fraction of sp³-hybridized carbons (Fsp3) is 0.353. The second-order valence-electron chi connectivity index (χ2n) is 5.94. The van der Waals surface area contributed by atoms with Gasteiger partial charge in [0.1, 0.15) is 5.82 Å². The number of carbonyl (C=O) groups excluding carboxylic acids is 1. The first-order chi connectivity index (χ1) is 12.3. The number of aryl methyl sites for hydroxylation is 2. The van der Waals surface area contributed by atoms with Crippen LogP contribution in [-0.2, 0) is 23.9 Å². The van der Waals surface area contributed by atoms with Crippen molar-refractivity contribution in [1.82, 2.24) is 25.1 Å². The van der Waals surface area contributed by atoms with Crippen molar-refractivity contribution in [3.63, 3.8) is 0 Å². The number of para-hydroxylation sites is 2. The number of aromatic nitrogens is 4. The molecule has 3 aromatic rings. The highest BCUT2D eigenvalue weighted by Gasteiger charge is 2.34. The molecule has 0 saturated heterocycles. The molecule has 0 saturated carbocycles. The zero-order chi connectivity index (χ0) is 18.7. The van der Waals surface area contributed by atoms with E-state index in [1.54, 1.807) is 6.92 Å². The largest absolute Gasteiger partial charge is 0.435 e. The first-order valence-corrected chi connectivity index (χ1v) is 8.15. The molecule has 3 rings (SSSR count). The molecule has 0 spiro atoms. The molecule has 0 aliphatic rings. The summed E-state index contributed by atoms with van der Waals surface area (Å²) in [6.45, 7) is 1.93. The van der Waals surface area contributed by atoms with Crippen molar-refractivity contribution < 1.29 is 18.0 Å². The SMILES string of the molecule is Cc1cc(C(F)(F)F)nn1CCNC(=O)CCc1nc2ccccc2[nH]1. The van der Waals surface area contributed by atoms with E-state index >= 15 is 0 Å². The van der Waals surface area contributed by atoms with E-state index < -0.39 is 11.9 Å². The fourth-order valence-electron chi connectivity index (χ4n) is 2.62. The third-order valence-electron chi connectivity index (χ3n) is 3.94. The summed E-state index contributed by atoms with van der Waals surface area (Å²) in [5.74, 6) is 0.533. The van der Waals surface area contributed by atoms with Gasteiger partial charge in [0.25, 0.3) is 0 Å². The minimum Gasteiger partial charge on any atom is -0.354 e. The Hall–Kier alpha value is -2.84. The van der Waals surface area contributed by atoms with Crippen LogP contribution in [0, 0.1) is 6.92 Å². The number of imidazole rings is 1. The Morgan fingerprint density at radius 2 is 2.08 bits per heavy atom. The van der Waals surface area contributed by atoms with E-state index in [1.165, 1.54) is 4.68 Å². The smallest absolute Gasteiger partial charge is 0.354 e. The van der Waals surface area contributed by atoms with Crippen molar-refractivity contribution in [2.45, 2.75) is 32.5 Å². The van der Waals surface area contributed by atoms with Gasteiger partial charge in [-0.1, -0.05) is 12.1 Å². The molecule has 0 aliphatic heterocycles. The predicted molar refractivity (Wildman–Crippen MR) is 89.4 cm³/mol. The molecule has 0 fully saturated rings. The first-order valence-electron chi connectivity index (χ1n) is 8.15. The Labute approximate surface area is 147 Å². The summed E-state index contributed by atoms with van der Waals surface area (Å²) in [5.41, 5.74) is 1.23. The van der Waals surface area contributed by atoms with E-state index in [1.807, 2.05) is 24.3 Å². The molecule has 0 atom stereocenters. The third-order valence-corrected chi connectivity index (χ3v) is 3.94. The number of H-pyrrole nitrogens is 1. The van der Waals surface area contributed by atoms with Crippen LogP contribution in [0.25, 0.3) is 11.0 Å². The molecule has 0 radical (unpaired) electrons. The molecule has 0 unspecified atom stereocenters. The number of halogens is 3. The van der Waals surface area contributed by atoms with Crippen LogP contribution in [0.1, 0.15) is 23.6 Å². The number of alkyl halides is 3. The number of benzene rings is 1. The van der Waals surface area contributed by atoms with Crippen molar-refractivity contribution in [2.75, 3.05) is 6.54 Å². The second-order valence-corrected chi connectivity index (χ2v) is 5.94. The number of rotatable bonds is 6. The monoisotopic (exact) mass is 365 g/mol. The average Bonchev–Trinajstić information content (AvgIpc) is 3.16. The molecular weight excluding hydrogens is 347 g/mol. The van der Waals surface area contributed by atoms with Gasteiger partial charge in [-0.2, -0.15) is 18.3 Å². The lowest BCUT2D eigenvalue weighted by atomic mass is 10.3. The molecule has 1 aromatic carbocycles. The lowest BCUT2D eigenvalue weighted by Crippen LogP contribution is -2.28. The van der Waals surface area contributed by atoms with Crippen molar-refractivity contribution in [3.8, 4) is 0 Å². The summed E-state index contributed by atoms with van der Waals surface area (Å²) < 4.78 is 39.1. The van der Waals surface area contributed by atoms with Crippen molar-refractivity contribution in [3.05, 3.63) is 47.5 Å². The Morgan fingerprint density at radius 3 is 2.77 bits per heavy atom. The van der Waals surface area contributed by atoms with E-state index in [0.29, 0.717) is 12.1 Å². The maximum absolute atomic E-state index is 12.6. The Morgan fingerprint density at radius 1 is 1.31 bits per heavy atom. The minimum absolute atomic E-state index is 0.179.